The van der Waals surface area contributed by atoms with Gasteiger partial charge in [-0.15, -0.1) is 11.6 Å². The first-order valence-electron chi connectivity index (χ1n) is 10.4. The number of benzene rings is 1. The predicted octanol–water partition coefficient (Wildman–Crippen LogP) is 5.57. The Labute approximate surface area is 192 Å². The van der Waals surface area contributed by atoms with Gasteiger partial charge in [-0.05, 0) is 36.4 Å². The van der Waals surface area contributed by atoms with Crippen molar-refractivity contribution in [1.82, 2.24) is 8.94 Å². The number of rotatable bonds is 8. The summed E-state index contributed by atoms with van der Waals surface area (Å²) < 4.78 is 41.2. The Balaban J connectivity index is 1.82. The largest absolute Gasteiger partial charge is 0.495 e. The molecule has 9 heteroatoms. The minimum absolute atomic E-state index is 0.180. The molecule has 0 aliphatic heterocycles. The summed E-state index contributed by atoms with van der Waals surface area (Å²) in [5, 5.41) is 1.04. The first-order chi connectivity index (χ1) is 15.0. The Morgan fingerprint density at radius 2 is 2.00 bits per heavy atom. The number of hydrogen-bond acceptors (Lipinski definition) is 6. The topological polar surface area (TPSA) is 70.4 Å². The lowest BCUT2D eigenvalue weighted by Crippen LogP contribution is -2.13. The van der Waals surface area contributed by atoms with Crippen molar-refractivity contribution in [2.45, 2.75) is 50.3 Å². The number of ether oxygens (including phenoxy) is 1. The third kappa shape index (κ3) is 4.62. The number of para-hydroxylation sites is 1. The van der Waals surface area contributed by atoms with Gasteiger partial charge in [0.1, 0.15) is 11.5 Å². The molecule has 0 atom stereocenters. The van der Waals surface area contributed by atoms with Crippen LogP contribution in [0.3, 0.4) is 0 Å². The molecule has 3 aromatic rings. The molecule has 0 N–H and O–H groups in total. The zero-order valence-electron chi connectivity index (χ0n) is 17.8. The van der Waals surface area contributed by atoms with Crippen LogP contribution in [0.15, 0.2) is 24.4 Å². The average molecular weight is 483 g/mol. The summed E-state index contributed by atoms with van der Waals surface area (Å²) in [6.45, 7) is 0.933. The van der Waals surface area contributed by atoms with E-state index in [1.165, 1.54) is 50.7 Å². The molecule has 168 valence electrons. The molecule has 1 fully saturated rings. The maximum absolute atomic E-state index is 12.0. The van der Waals surface area contributed by atoms with Crippen molar-refractivity contribution in [3.8, 4) is 17.0 Å². The van der Waals surface area contributed by atoms with Crippen LogP contribution in [0.25, 0.3) is 22.2 Å². The summed E-state index contributed by atoms with van der Waals surface area (Å²) in [6, 6.07) is 6.01. The van der Waals surface area contributed by atoms with Crippen LogP contribution < -0.4 is 4.74 Å². The Kier molecular flexibility index (Phi) is 6.91. The highest BCUT2D eigenvalue weighted by molar-refractivity contribution is 7.86. The molecular formula is C22H27ClN2O4S2. The number of hydrogen-bond donors (Lipinski definition) is 0. The summed E-state index contributed by atoms with van der Waals surface area (Å²) in [4.78, 5) is 0.614. The number of aromatic nitrogens is 2. The van der Waals surface area contributed by atoms with Crippen molar-refractivity contribution >= 4 is 44.2 Å². The van der Waals surface area contributed by atoms with Gasteiger partial charge in [-0.1, -0.05) is 31.4 Å². The fourth-order valence-corrected chi connectivity index (χ4v) is 6.81. The maximum atomic E-state index is 12.0. The number of nitrogens with zero attached hydrogens (tertiary/aromatic N) is 2. The lowest BCUT2D eigenvalue weighted by atomic mass is 9.89. The first kappa shape index (κ1) is 22.6. The number of alkyl halides is 1. The van der Waals surface area contributed by atoms with E-state index in [2.05, 4.69) is 25.4 Å². The lowest BCUT2D eigenvalue weighted by molar-refractivity contribution is 0.321. The number of methoxy groups -OCH3 is 1. The molecule has 1 aromatic carbocycles. The second kappa shape index (κ2) is 9.48. The van der Waals surface area contributed by atoms with Crippen molar-refractivity contribution < 1.29 is 17.3 Å². The molecular weight excluding hydrogens is 456 g/mol. The molecule has 0 spiro atoms. The Hall–Kier alpha value is -1.61. The third-order valence-electron chi connectivity index (χ3n) is 6.08. The van der Waals surface area contributed by atoms with Crippen molar-refractivity contribution in [1.29, 1.82) is 0 Å². The molecule has 1 saturated carbocycles. The number of halogens is 1. The van der Waals surface area contributed by atoms with Crippen LogP contribution >= 0.6 is 23.1 Å². The molecule has 0 unspecified atom stereocenters. The molecule has 0 radical (unpaired) electrons. The zero-order chi connectivity index (χ0) is 22.0. The van der Waals surface area contributed by atoms with Crippen LogP contribution in [0.1, 0.15) is 42.5 Å². The van der Waals surface area contributed by atoms with Crippen LogP contribution in [-0.4, -0.2) is 31.6 Å². The van der Waals surface area contributed by atoms with E-state index in [4.69, 9.17) is 16.3 Å². The molecule has 31 heavy (non-hydrogen) atoms. The normalized spacial score (nSPS) is 15.6. The van der Waals surface area contributed by atoms with Gasteiger partial charge in [-0.2, -0.15) is 12.8 Å². The van der Waals surface area contributed by atoms with Gasteiger partial charge in [-0.3, -0.25) is 4.18 Å². The van der Waals surface area contributed by atoms with Crippen molar-refractivity contribution in [3.63, 3.8) is 0 Å². The van der Waals surface area contributed by atoms with Crippen LogP contribution in [0.4, 0.5) is 0 Å². The van der Waals surface area contributed by atoms with E-state index >= 15 is 0 Å². The Morgan fingerprint density at radius 3 is 2.68 bits per heavy atom. The van der Waals surface area contributed by atoms with Crippen LogP contribution in [0, 0.1) is 5.92 Å². The second-order valence-electron chi connectivity index (χ2n) is 7.99. The van der Waals surface area contributed by atoms with Gasteiger partial charge >= 0.3 is 0 Å². The quantitative estimate of drug-likeness (QED) is 0.310. The first-order valence-corrected chi connectivity index (χ1v) is 13.3. The fourth-order valence-electron chi connectivity index (χ4n) is 4.50. The number of fused-ring (bicyclic) bond motifs is 1. The van der Waals surface area contributed by atoms with E-state index in [9.17, 15) is 8.42 Å². The van der Waals surface area contributed by atoms with Gasteiger partial charge in [0.15, 0.2) is 0 Å². The molecule has 1 aliphatic carbocycles. The van der Waals surface area contributed by atoms with E-state index in [-0.39, 0.29) is 11.6 Å². The van der Waals surface area contributed by atoms with Crippen molar-refractivity contribution in [3.05, 3.63) is 34.8 Å². The Bertz CT molecular complexity index is 1160. The highest BCUT2D eigenvalue weighted by Gasteiger charge is 2.24. The highest BCUT2D eigenvalue weighted by atomic mass is 35.5. The molecule has 0 bridgehead atoms. The highest BCUT2D eigenvalue weighted by Crippen LogP contribution is 2.40. The van der Waals surface area contributed by atoms with E-state index in [1.807, 2.05) is 12.1 Å². The maximum Gasteiger partial charge on any atom is 0.272 e. The van der Waals surface area contributed by atoms with Gasteiger partial charge < -0.3 is 9.30 Å². The monoisotopic (exact) mass is 482 g/mol. The van der Waals surface area contributed by atoms with Crippen LogP contribution in [0.2, 0.25) is 0 Å². The smallest absolute Gasteiger partial charge is 0.272 e. The summed E-state index contributed by atoms with van der Waals surface area (Å²) in [5.41, 5.74) is 3.48. The van der Waals surface area contributed by atoms with Crippen LogP contribution in [-0.2, 0) is 32.5 Å². The summed E-state index contributed by atoms with van der Waals surface area (Å²) in [5.74, 6) is 1.42. The molecule has 2 heterocycles. The molecule has 4 rings (SSSR count). The minimum atomic E-state index is -3.65. The SMILES string of the molecule is COc1cccc2c(-c3nsc(CS(=O)(=O)OC)c3CCl)cn(CC3CCCCC3)c12. The molecule has 1 aliphatic rings. The second-order valence-corrected chi connectivity index (χ2v) is 10.9. The summed E-state index contributed by atoms with van der Waals surface area (Å²) in [7, 11) is -0.797. The molecule has 0 saturated heterocycles. The van der Waals surface area contributed by atoms with Gasteiger partial charge in [0, 0.05) is 34.1 Å². The van der Waals surface area contributed by atoms with Gasteiger partial charge in [0.05, 0.1) is 31.3 Å². The van der Waals surface area contributed by atoms with Crippen molar-refractivity contribution in [2.75, 3.05) is 14.2 Å². The predicted molar refractivity (Wildman–Crippen MR) is 125 cm³/mol. The molecule has 6 nitrogen and oxygen atoms in total. The van der Waals surface area contributed by atoms with E-state index in [0.717, 1.165) is 40.0 Å². The zero-order valence-corrected chi connectivity index (χ0v) is 20.2. The van der Waals surface area contributed by atoms with E-state index in [0.29, 0.717) is 10.8 Å². The third-order valence-corrected chi connectivity index (χ3v) is 8.57. The minimum Gasteiger partial charge on any atom is -0.495 e. The lowest BCUT2D eigenvalue weighted by Gasteiger charge is -2.22. The Morgan fingerprint density at radius 1 is 1.23 bits per heavy atom. The van der Waals surface area contributed by atoms with Gasteiger partial charge in [0.25, 0.3) is 10.1 Å². The summed E-state index contributed by atoms with van der Waals surface area (Å²) in [6.07, 6.45) is 8.50. The van der Waals surface area contributed by atoms with E-state index < -0.39 is 10.1 Å². The van der Waals surface area contributed by atoms with Gasteiger partial charge in [-0.25, -0.2) is 0 Å². The van der Waals surface area contributed by atoms with E-state index in [1.54, 1.807) is 7.11 Å². The van der Waals surface area contributed by atoms with Crippen molar-refractivity contribution in [2.24, 2.45) is 5.92 Å². The standard InChI is InChI=1S/C22H27ClN2O4S2/c1-28-19-10-6-9-16-18(13-25(22(16)19)12-15-7-4-3-5-8-15)21-17(11-23)20(30-24-21)14-31(26,27)29-2/h6,9-10,13,15H,3-5,7-8,11-12,14H2,1-2H3. The van der Waals surface area contributed by atoms with Crippen LogP contribution in [0.5, 0.6) is 5.75 Å². The molecule has 2 aromatic heterocycles. The molecule has 0 amide bonds. The fraction of sp³-hybridized carbons (Fsp3) is 0.500. The van der Waals surface area contributed by atoms with Gasteiger partial charge in [0.2, 0.25) is 0 Å². The average Bonchev–Trinajstić information content (AvgIpc) is 3.34. The summed E-state index contributed by atoms with van der Waals surface area (Å²) >= 11 is 7.44.